The Labute approximate surface area is 127 Å². The van der Waals surface area contributed by atoms with Gasteiger partial charge in [-0.25, -0.2) is 17.6 Å². The summed E-state index contributed by atoms with van der Waals surface area (Å²) in [7, 11) is -4.22. The van der Waals surface area contributed by atoms with E-state index in [9.17, 15) is 17.6 Å². The minimum absolute atomic E-state index is 0.281. The van der Waals surface area contributed by atoms with Crippen LogP contribution in [0, 0.1) is 19.7 Å². The van der Waals surface area contributed by atoms with Gasteiger partial charge in [0.1, 0.15) is 10.7 Å². The molecule has 0 saturated heterocycles. The summed E-state index contributed by atoms with van der Waals surface area (Å²) < 4.78 is 40.5. The van der Waals surface area contributed by atoms with Gasteiger partial charge in [-0.15, -0.1) is 0 Å². The highest BCUT2D eigenvalue weighted by Gasteiger charge is 2.21. The lowest BCUT2D eigenvalue weighted by Crippen LogP contribution is -2.15. The Morgan fingerprint density at radius 2 is 1.77 bits per heavy atom. The number of sulfonamides is 1. The summed E-state index contributed by atoms with van der Waals surface area (Å²) >= 11 is 0. The van der Waals surface area contributed by atoms with Gasteiger partial charge in [0.25, 0.3) is 10.0 Å². The minimum atomic E-state index is -4.22. The van der Waals surface area contributed by atoms with Crippen molar-refractivity contribution < 1.29 is 22.7 Å². The Morgan fingerprint density at radius 1 is 1.09 bits per heavy atom. The van der Waals surface area contributed by atoms with Crippen LogP contribution >= 0.6 is 0 Å². The third-order valence-corrected chi connectivity index (χ3v) is 4.62. The fraction of sp³-hybridized carbons (Fsp3) is 0.133. The molecule has 0 aliphatic heterocycles. The van der Waals surface area contributed by atoms with Crippen molar-refractivity contribution in [2.45, 2.75) is 18.7 Å². The second-order valence-corrected chi connectivity index (χ2v) is 6.51. The zero-order chi connectivity index (χ0) is 16.5. The molecule has 116 valence electrons. The summed E-state index contributed by atoms with van der Waals surface area (Å²) in [6.45, 7) is 3.70. The number of anilines is 1. The largest absolute Gasteiger partial charge is 0.478 e. The second-order valence-electron chi connectivity index (χ2n) is 4.85. The maximum Gasteiger partial charge on any atom is 0.335 e. The Hall–Kier alpha value is -2.41. The molecule has 0 aliphatic rings. The fourth-order valence-electron chi connectivity index (χ4n) is 1.86. The van der Waals surface area contributed by atoms with Crippen LogP contribution in [0.3, 0.4) is 0 Å². The van der Waals surface area contributed by atoms with Gasteiger partial charge in [0, 0.05) is 5.69 Å². The summed E-state index contributed by atoms with van der Waals surface area (Å²) in [4.78, 5) is 10.2. The van der Waals surface area contributed by atoms with Crippen LogP contribution in [0.15, 0.2) is 41.3 Å². The van der Waals surface area contributed by atoms with Crippen molar-refractivity contribution in [3.05, 3.63) is 58.9 Å². The van der Waals surface area contributed by atoms with Gasteiger partial charge in [0.05, 0.1) is 5.56 Å². The van der Waals surface area contributed by atoms with Crippen LogP contribution < -0.4 is 4.72 Å². The van der Waals surface area contributed by atoms with E-state index in [1.54, 1.807) is 18.2 Å². The molecule has 0 saturated carbocycles. The number of halogens is 1. The predicted octanol–water partition coefficient (Wildman–Crippen LogP) is 2.94. The van der Waals surface area contributed by atoms with E-state index in [4.69, 9.17) is 5.11 Å². The average Bonchev–Trinajstić information content (AvgIpc) is 2.42. The molecule has 0 aromatic heterocycles. The lowest BCUT2D eigenvalue weighted by Gasteiger charge is -2.11. The number of carboxylic acid groups (broad SMARTS) is 1. The molecule has 22 heavy (non-hydrogen) atoms. The number of benzene rings is 2. The number of carbonyl (C=O) groups is 1. The van der Waals surface area contributed by atoms with E-state index in [1.807, 2.05) is 13.8 Å². The smallest absolute Gasteiger partial charge is 0.335 e. The van der Waals surface area contributed by atoms with Gasteiger partial charge in [-0.2, -0.15) is 0 Å². The Bertz CT molecular complexity index is 847. The van der Waals surface area contributed by atoms with Gasteiger partial charge in [0.2, 0.25) is 0 Å². The second kappa shape index (κ2) is 5.76. The van der Waals surface area contributed by atoms with Gasteiger partial charge in [-0.3, -0.25) is 4.72 Å². The van der Waals surface area contributed by atoms with Gasteiger partial charge < -0.3 is 5.11 Å². The first kappa shape index (κ1) is 16.0. The van der Waals surface area contributed by atoms with Crippen LogP contribution in [0.2, 0.25) is 0 Å². The van der Waals surface area contributed by atoms with Crippen molar-refractivity contribution in [1.29, 1.82) is 0 Å². The number of aromatic carboxylic acids is 1. The van der Waals surface area contributed by atoms with Crippen molar-refractivity contribution in [2.75, 3.05) is 4.72 Å². The number of aryl methyl sites for hydroxylation is 2. The summed E-state index contributed by atoms with van der Waals surface area (Å²) in [5.74, 6) is -2.34. The first-order chi connectivity index (χ1) is 10.2. The monoisotopic (exact) mass is 323 g/mol. The highest BCUT2D eigenvalue weighted by atomic mass is 32.2. The molecule has 0 spiro atoms. The topological polar surface area (TPSA) is 83.5 Å². The van der Waals surface area contributed by atoms with Crippen molar-refractivity contribution in [3.63, 3.8) is 0 Å². The van der Waals surface area contributed by atoms with Gasteiger partial charge in [-0.1, -0.05) is 6.07 Å². The standard InChI is InChI=1S/C15H14FNO4S/c1-9-3-5-12(7-10(9)2)17-22(20,21)14-8-11(15(18)19)4-6-13(14)16/h3-8,17H,1-2H3,(H,18,19). The van der Waals surface area contributed by atoms with Crippen LogP contribution in [0.25, 0.3) is 0 Å². The number of hydrogen-bond acceptors (Lipinski definition) is 3. The van der Waals surface area contributed by atoms with Gasteiger partial charge in [-0.05, 0) is 55.3 Å². The molecule has 7 heteroatoms. The quantitative estimate of drug-likeness (QED) is 0.906. The zero-order valence-electron chi connectivity index (χ0n) is 11.9. The molecule has 2 aromatic carbocycles. The molecule has 0 amide bonds. The Balaban J connectivity index is 2.44. The van der Waals surface area contributed by atoms with Crippen LogP contribution in [-0.2, 0) is 10.0 Å². The third kappa shape index (κ3) is 3.25. The van der Waals surface area contributed by atoms with Crippen LogP contribution in [0.5, 0.6) is 0 Å². The Morgan fingerprint density at radius 3 is 2.36 bits per heavy atom. The molecular formula is C15H14FNO4S. The normalized spacial score (nSPS) is 11.2. The van der Waals surface area contributed by atoms with E-state index in [2.05, 4.69) is 4.72 Å². The number of carboxylic acids is 1. The average molecular weight is 323 g/mol. The summed E-state index contributed by atoms with van der Waals surface area (Å²) in [5, 5.41) is 8.88. The van der Waals surface area contributed by atoms with Crippen molar-refractivity contribution >= 4 is 21.7 Å². The van der Waals surface area contributed by atoms with Crippen molar-refractivity contribution in [2.24, 2.45) is 0 Å². The molecule has 0 bridgehead atoms. The van der Waals surface area contributed by atoms with Gasteiger partial charge >= 0.3 is 5.97 Å². The zero-order valence-corrected chi connectivity index (χ0v) is 12.7. The first-order valence-electron chi connectivity index (χ1n) is 6.33. The van der Waals surface area contributed by atoms with E-state index in [0.717, 1.165) is 29.3 Å². The molecular weight excluding hydrogens is 309 g/mol. The number of hydrogen-bond donors (Lipinski definition) is 2. The number of rotatable bonds is 4. The summed E-state index contributed by atoms with van der Waals surface area (Å²) in [6.07, 6.45) is 0. The molecule has 2 aromatic rings. The maximum atomic E-state index is 13.8. The third-order valence-electron chi connectivity index (χ3n) is 3.23. The lowest BCUT2D eigenvalue weighted by atomic mass is 10.1. The maximum absolute atomic E-state index is 13.8. The van der Waals surface area contributed by atoms with Crippen LogP contribution in [-0.4, -0.2) is 19.5 Å². The molecule has 0 radical (unpaired) electrons. The highest BCUT2D eigenvalue weighted by Crippen LogP contribution is 2.22. The van der Waals surface area contributed by atoms with Crippen molar-refractivity contribution in [1.82, 2.24) is 0 Å². The van der Waals surface area contributed by atoms with Gasteiger partial charge in [0.15, 0.2) is 0 Å². The van der Waals surface area contributed by atoms with E-state index in [0.29, 0.717) is 0 Å². The van der Waals surface area contributed by atoms with Crippen LogP contribution in [0.4, 0.5) is 10.1 Å². The van der Waals surface area contributed by atoms with E-state index in [-0.39, 0.29) is 11.3 Å². The molecule has 2 N–H and O–H groups in total. The molecule has 5 nitrogen and oxygen atoms in total. The predicted molar refractivity (Wildman–Crippen MR) is 80.1 cm³/mol. The van der Waals surface area contributed by atoms with E-state index in [1.165, 1.54) is 0 Å². The molecule has 0 atom stereocenters. The highest BCUT2D eigenvalue weighted by molar-refractivity contribution is 7.92. The number of nitrogens with one attached hydrogen (secondary N) is 1. The minimum Gasteiger partial charge on any atom is -0.478 e. The molecule has 0 fully saturated rings. The molecule has 2 rings (SSSR count). The SMILES string of the molecule is Cc1ccc(NS(=O)(=O)c2cc(C(=O)O)ccc2F)cc1C. The summed E-state index contributed by atoms with van der Waals surface area (Å²) in [5.41, 5.74) is 1.84. The van der Waals surface area contributed by atoms with E-state index >= 15 is 0 Å². The van der Waals surface area contributed by atoms with Crippen LogP contribution in [0.1, 0.15) is 21.5 Å². The molecule has 0 heterocycles. The summed E-state index contributed by atoms with van der Waals surface area (Å²) in [6, 6.07) is 7.52. The first-order valence-corrected chi connectivity index (χ1v) is 7.82. The Kier molecular flexibility index (Phi) is 4.18. The fourth-order valence-corrected chi connectivity index (χ4v) is 3.01. The molecule has 0 unspecified atom stereocenters. The van der Waals surface area contributed by atoms with Crippen molar-refractivity contribution in [3.8, 4) is 0 Å². The lowest BCUT2D eigenvalue weighted by molar-refractivity contribution is 0.0696. The molecule has 0 aliphatic carbocycles. The van der Waals surface area contributed by atoms with E-state index < -0.39 is 26.7 Å².